The fraction of sp³-hybridized carbons (Fsp3) is 0.294. The molecule has 0 aliphatic carbocycles. The summed E-state index contributed by atoms with van der Waals surface area (Å²) in [6.45, 7) is 2.81. The van der Waals surface area contributed by atoms with Crippen molar-refractivity contribution in [3.63, 3.8) is 0 Å². The van der Waals surface area contributed by atoms with Crippen LogP contribution in [0.1, 0.15) is 5.56 Å². The van der Waals surface area contributed by atoms with E-state index in [1.165, 1.54) is 34.1 Å². The van der Waals surface area contributed by atoms with E-state index in [-0.39, 0.29) is 10.6 Å². The van der Waals surface area contributed by atoms with Crippen LogP contribution in [0.3, 0.4) is 0 Å². The second-order valence-corrected chi connectivity index (χ2v) is 8.81. The van der Waals surface area contributed by atoms with E-state index >= 15 is 0 Å². The van der Waals surface area contributed by atoms with E-state index < -0.39 is 14.9 Å². The van der Waals surface area contributed by atoms with Crippen molar-refractivity contribution in [2.45, 2.75) is 11.4 Å². The Hall–Kier alpha value is -1.81. The molecule has 1 fully saturated rings. The van der Waals surface area contributed by atoms with Gasteiger partial charge in [-0.25, -0.2) is 8.42 Å². The highest BCUT2D eigenvalue weighted by molar-refractivity contribution is 9.10. The first-order valence-electron chi connectivity index (χ1n) is 8.08. The van der Waals surface area contributed by atoms with Crippen molar-refractivity contribution >= 4 is 31.6 Å². The maximum atomic E-state index is 12.7. The van der Waals surface area contributed by atoms with Gasteiger partial charge in [-0.15, -0.1) is 0 Å². The molecule has 9 heteroatoms. The molecule has 1 aliphatic heterocycles. The minimum Gasteiger partial charge on any atom is -0.296 e. The lowest BCUT2D eigenvalue weighted by molar-refractivity contribution is -0.384. The average Bonchev–Trinajstić information content (AvgIpc) is 2.64. The van der Waals surface area contributed by atoms with Gasteiger partial charge < -0.3 is 0 Å². The highest BCUT2D eigenvalue weighted by atomic mass is 79.9. The van der Waals surface area contributed by atoms with E-state index in [0.29, 0.717) is 26.2 Å². The molecule has 1 heterocycles. The van der Waals surface area contributed by atoms with Gasteiger partial charge in [-0.1, -0.05) is 34.1 Å². The number of nitro benzene ring substituents is 1. The molecule has 1 saturated heterocycles. The quantitative estimate of drug-likeness (QED) is 0.528. The fourth-order valence-corrected chi connectivity index (χ4v) is 4.72. The van der Waals surface area contributed by atoms with Gasteiger partial charge in [0.1, 0.15) is 0 Å². The Labute approximate surface area is 160 Å². The molecule has 0 radical (unpaired) electrons. The van der Waals surface area contributed by atoms with Crippen LogP contribution in [0.2, 0.25) is 0 Å². The number of piperazine rings is 1. The molecule has 0 spiro atoms. The number of benzene rings is 2. The first-order chi connectivity index (χ1) is 12.4. The Morgan fingerprint density at radius 1 is 1.00 bits per heavy atom. The minimum absolute atomic E-state index is 0.0855. The third kappa shape index (κ3) is 4.12. The van der Waals surface area contributed by atoms with Gasteiger partial charge in [-0.05, 0) is 23.8 Å². The van der Waals surface area contributed by atoms with Crippen molar-refractivity contribution in [3.05, 3.63) is 68.7 Å². The molecule has 0 N–H and O–H groups in total. The van der Waals surface area contributed by atoms with E-state index in [1.54, 1.807) is 0 Å². The summed E-state index contributed by atoms with van der Waals surface area (Å²) in [4.78, 5) is 12.5. The van der Waals surface area contributed by atoms with Gasteiger partial charge in [-0.2, -0.15) is 4.31 Å². The smallest absolute Gasteiger partial charge is 0.269 e. The third-order valence-corrected chi connectivity index (χ3v) is 7.05. The zero-order valence-corrected chi connectivity index (χ0v) is 16.3. The molecule has 0 saturated carbocycles. The predicted octanol–water partition coefficient (Wildman–Crippen LogP) is 2.86. The lowest BCUT2D eigenvalue weighted by Gasteiger charge is -2.34. The average molecular weight is 440 g/mol. The summed E-state index contributed by atoms with van der Waals surface area (Å²) in [6.07, 6.45) is 0. The van der Waals surface area contributed by atoms with Crippen molar-refractivity contribution in [1.29, 1.82) is 0 Å². The van der Waals surface area contributed by atoms with Crippen LogP contribution in [0, 0.1) is 10.1 Å². The van der Waals surface area contributed by atoms with Crippen LogP contribution in [0.4, 0.5) is 5.69 Å². The lowest BCUT2D eigenvalue weighted by Crippen LogP contribution is -2.48. The number of nitrogens with zero attached hydrogens (tertiary/aromatic N) is 3. The van der Waals surface area contributed by atoms with Crippen LogP contribution in [-0.4, -0.2) is 48.7 Å². The van der Waals surface area contributed by atoms with Crippen molar-refractivity contribution in [3.8, 4) is 0 Å². The number of rotatable bonds is 5. The summed E-state index contributed by atoms with van der Waals surface area (Å²) in [5.74, 6) is 0. The molecule has 1 aliphatic rings. The molecule has 0 atom stereocenters. The first-order valence-corrected chi connectivity index (χ1v) is 10.3. The molecule has 7 nitrogen and oxygen atoms in total. The lowest BCUT2D eigenvalue weighted by atomic mass is 10.2. The van der Waals surface area contributed by atoms with Gasteiger partial charge in [0.25, 0.3) is 5.69 Å². The monoisotopic (exact) mass is 439 g/mol. The topological polar surface area (TPSA) is 83.8 Å². The second-order valence-electron chi connectivity index (χ2n) is 6.02. The number of hydrogen-bond acceptors (Lipinski definition) is 5. The van der Waals surface area contributed by atoms with E-state index in [2.05, 4.69) is 20.8 Å². The van der Waals surface area contributed by atoms with Gasteiger partial charge in [0.15, 0.2) is 0 Å². The van der Waals surface area contributed by atoms with Crippen molar-refractivity contribution < 1.29 is 13.3 Å². The largest absolute Gasteiger partial charge is 0.296 e. The summed E-state index contributed by atoms with van der Waals surface area (Å²) in [5, 5.41) is 10.7. The Bertz CT molecular complexity index is 894. The molecular formula is C17H18BrN3O4S. The van der Waals surface area contributed by atoms with Gasteiger partial charge in [0.05, 0.1) is 9.82 Å². The maximum Gasteiger partial charge on any atom is 0.269 e. The first kappa shape index (κ1) is 19.0. The highest BCUT2D eigenvalue weighted by Crippen LogP contribution is 2.22. The standard InChI is InChI=1S/C17H18BrN3O4S/c18-17-4-2-1-3-14(17)13-19-9-11-20(12-10-19)26(24,25)16-7-5-15(6-8-16)21(22)23/h1-8H,9-13H2. The van der Waals surface area contributed by atoms with E-state index in [4.69, 9.17) is 0 Å². The van der Waals surface area contributed by atoms with Gasteiger partial charge in [0, 0.05) is 49.3 Å². The Kier molecular flexibility index (Phi) is 5.71. The number of halogens is 1. The maximum absolute atomic E-state index is 12.7. The molecule has 138 valence electrons. The zero-order valence-electron chi connectivity index (χ0n) is 13.9. The molecule has 0 unspecified atom stereocenters. The van der Waals surface area contributed by atoms with Crippen LogP contribution < -0.4 is 0 Å². The third-order valence-electron chi connectivity index (χ3n) is 4.37. The predicted molar refractivity (Wildman–Crippen MR) is 101 cm³/mol. The second kappa shape index (κ2) is 7.83. The van der Waals surface area contributed by atoms with Crippen LogP contribution in [0.5, 0.6) is 0 Å². The minimum atomic E-state index is -3.63. The molecule has 2 aromatic rings. The van der Waals surface area contributed by atoms with Crippen LogP contribution >= 0.6 is 15.9 Å². The number of sulfonamides is 1. The van der Waals surface area contributed by atoms with Crippen molar-refractivity contribution in [1.82, 2.24) is 9.21 Å². The molecule has 0 aromatic heterocycles. The van der Waals surface area contributed by atoms with Gasteiger partial charge >= 0.3 is 0 Å². The number of hydrogen-bond donors (Lipinski definition) is 0. The van der Waals surface area contributed by atoms with Crippen LogP contribution in [0.25, 0.3) is 0 Å². The normalized spacial score (nSPS) is 16.5. The Morgan fingerprint density at radius 2 is 1.62 bits per heavy atom. The van der Waals surface area contributed by atoms with E-state index in [1.807, 2.05) is 24.3 Å². The number of non-ortho nitro benzene ring substituents is 1. The van der Waals surface area contributed by atoms with Crippen LogP contribution in [-0.2, 0) is 16.6 Å². The van der Waals surface area contributed by atoms with E-state index in [9.17, 15) is 18.5 Å². The Balaban J connectivity index is 1.65. The summed E-state index contributed by atoms with van der Waals surface area (Å²) >= 11 is 3.53. The summed E-state index contributed by atoms with van der Waals surface area (Å²) in [7, 11) is -3.63. The molecular weight excluding hydrogens is 422 g/mol. The van der Waals surface area contributed by atoms with Crippen molar-refractivity contribution in [2.75, 3.05) is 26.2 Å². The molecule has 26 heavy (non-hydrogen) atoms. The van der Waals surface area contributed by atoms with Crippen molar-refractivity contribution in [2.24, 2.45) is 0 Å². The summed E-state index contributed by atoms with van der Waals surface area (Å²) in [6, 6.07) is 13.0. The van der Waals surface area contributed by atoms with Crippen LogP contribution in [0.15, 0.2) is 57.9 Å². The molecule has 3 rings (SSSR count). The fourth-order valence-electron chi connectivity index (χ4n) is 2.88. The summed E-state index contributed by atoms with van der Waals surface area (Å²) in [5.41, 5.74) is 1.04. The molecule has 0 amide bonds. The summed E-state index contributed by atoms with van der Waals surface area (Å²) < 4.78 is 27.9. The van der Waals surface area contributed by atoms with Gasteiger partial charge in [-0.3, -0.25) is 15.0 Å². The van der Waals surface area contributed by atoms with Gasteiger partial charge in [0.2, 0.25) is 10.0 Å². The molecule has 2 aromatic carbocycles. The SMILES string of the molecule is O=[N+]([O-])c1ccc(S(=O)(=O)N2CCN(Cc3ccccc3Br)CC2)cc1. The Morgan fingerprint density at radius 3 is 2.19 bits per heavy atom. The highest BCUT2D eigenvalue weighted by Gasteiger charge is 2.29. The number of nitro groups is 1. The zero-order chi connectivity index (χ0) is 18.7. The van der Waals surface area contributed by atoms with E-state index in [0.717, 1.165) is 11.0 Å². The molecule has 0 bridgehead atoms.